The summed E-state index contributed by atoms with van der Waals surface area (Å²) in [7, 11) is 3.33. The number of hydrogen-bond donors (Lipinski definition) is 0. The van der Waals surface area contributed by atoms with Crippen LogP contribution in [0.4, 0.5) is 5.69 Å². The fourth-order valence-corrected chi connectivity index (χ4v) is 4.24. The first-order valence-corrected chi connectivity index (χ1v) is 11.2. The highest BCUT2D eigenvalue weighted by atomic mass is 32.2. The van der Waals surface area contributed by atoms with Gasteiger partial charge >= 0.3 is 5.97 Å². The Morgan fingerprint density at radius 1 is 1.09 bits per heavy atom. The Morgan fingerprint density at radius 3 is 2.48 bits per heavy atom. The number of amidine groups is 1. The summed E-state index contributed by atoms with van der Waals surface area (Å²) < 4.78 is 12.2. The Labute approximate surface area is 196 Å². The van der Waals surface area contributed by atoms with Gasteiger partial charge < -0.3 is 14.0 Å². The zero-order valence-electron chi connectivity index (χ0n) is 18.5. The van der Waals surface area contributed by atoms with E-state index < -0.39 is 0 Å². The number of carbonyl (C=O) groups is 2. The first kappa shape index (κ1) is 22.4. The topological polar surface area (TPSA) is 73.1 Å². The van der Waals surface area contributed by atoms with E-state index in [1.54, 1.807) is 45.3 Å². The van der Waals surface area contributed by atoms with E-state index >= 15 is 0 Å². The number of amides is 1. The van der Waals surface area contributed by atoms with E-state index in [1.807, 2.05) is 53.2 Å². The molecular weight excluding hydrogens is 438 g/mol. The highest BCUT2D eigenvalue weighted by molar-refractivity contribution is 8.18. The number of nitrogens with zero attached hydrogens (tertiary/aromatic N) is 3. The summed E-state index contributed by atoms with van der Waals surface area (Å²) in [5.74, 6) is 0.291. The molecule has 1 aliphatic rings. The van der Waals surface area contributed by atoms with Gasteiger partial charge in [-0.2, -0.15) is 0 Å². The van der Waals surface area contributed by atoms with Gasteiger partial charge in [-0.15, -0.1) is 0 Å². The van der Waals surface area contributed by atoms with Crippen molar-refractivity contribution in [3.05, 3.63) is 83.0 Å². The van der Waals surface area contributed by atoms with Gasteiger partial charge in [0.15, 0.2) is 5.17 Å². The molecule has 0 spiro atoms. The Morgan fingerprint density at radius 2 is 1.82 bits per heavy atom. The van der Waals surface area contributed by atoms with Gasteiger partial charge in [0.1, 0.15) is 5.75 Å². The molecule has 0 aliphatic carbocycles. The molecule has 8 heteroatoms. The molecule has 1 fully saturated rings. The monoisotopic (exact) mass is 461 g/mol. The van der Waals surface area contributed by atoms with Crippen LogP contribution in [0.3, 0.4) is 0 Å². The van der Waals surface area contributed by atoms with E-state index in [4.69, 9.17) is 9.47 Å². The van der Waals surface area contributed by atoms with Crippen LogP contribution in [0.25, 0.3) is 11.8 Å². The maximum Gasteiger partial charge on any atom is 0.338 e. The lowest BCUT2D eigenvalue weighted by Crippen LogP contribution is -2.23. The summed E-state index contributed by atoms with van der Waals surface area (Å²) in [6.07, 6.45) is 3.81. The third-order valence-electron chi connectivity index (χ3n) is 5.02. The summed E-state index contributed by atoms with van der Waals surface area (Å²) in [5, 5.41) is 0.567. The van der Waals surface area contributed by atoms with E-state index in [1.165, 1.54) is 16.7 Å². The Bertz CT molecular complexity index is 1230. The number of methoxy groups -OCH3 is 1. The lowest BCUT2D eigenvalue weighted by molar-refractivity contribution is -0.121. The normalized spacial score (nSPS) is 16.0. The van der Waals surface area contributed by atoms with Crippen LogP contribution in [-0.4, -0.2) is 47.3 Å². The van der Waals surface area contributed by atoms with Crippen molar-refractivity contribution in [2.24, 2.45) is 4.99 Å². The highest BCUT2D eigenvalue weighted by Gasteiger charge is 2.30. The number of ether oxygens (including phenoxy) is 2. The van der Waals surface area contributed by atoms with Gasteiger partial charge in [-0.05, 0) is 85.4 Å². The first-order chi connectivity index (χ1) is 16.0. The SMILES string of the molecule is CCOC(=O)c1ccc(N=C2S/C(=C\c3cccn3-c3ccc(OC)cc3)C(=O)N2C)cc1. The number of aliphatic imine (C=N–C) groups is 1. The van der Waals surface area contributed by atoms with Gasteiger partial charge in [0.05, 0.1) is 29.9 Å². The molecule has 1 saturated heterocycles. The number of benzene rings is 2. The van der Waals surface area contributed by atoms with Gasteiger partial charge in [0, 0.05) is 24.6 Å². The van der Waals surface area contributed by atoms with E-state index in [9.17, 15) is 9.59 Å². The van der Waals surface area contributed by atoms with Crippen molar-refractivity contribution in [3.63, 3.8) is 0 Å². The fraction of sp³-hybridized carbons (Fsp3) is 0.160. The molecule has 7 nitrogen and oxygen atoms in total. The molecule has 2 heterocycles. The number of thioether (sulfide) groups is 1. The van der Waals surface area contributed by atoms with E-state index in [-0.39, 0.29) is 11.9 Å². The van der Waals surface area contributed by atoms with Crippen LogP contribution in [0.15, 0.2) is 76.8 Å². The fourth-order valence-electron chi connectivity index (χ4n) is 3.27. The van der Waals surface area contributed by atoms with E-state index in [0.29, 0.717) is 27.9 Å². The third-order valence-corrected chi connectivity index (χ3v) is 6.08. The number of rotatable bonds is 6. The molecule has 0 bridgehead atoms. The van der Waals surface area contributed by atoms with Crippen molar-refractivity contribution >= 4 is 40.6 Å². The summed E-state index contributed by atoms with van der Waals surface area (Å²) >= 11 is 1.31. The number of aromatic nitrogens is 1. The second-order valence-corrected chi connectivity index (χ2v) is 8.15. The molecule has 1 aromatic heterocycles. The quantitative estimate of drug-likeness (QED) is 0.386. The predicted octanol–water partition coefficient (Wildman–Crippen LogP) is 4.90. The van der Waals surface area contributed by atoms with Crippen LogP contribution in [0.5, 0.6) is 5.75 Å². The molecule has 4 rings (SSSR count). The van der Waals surface area contributed by atoms with Crippen LogP contribution in [0.2, 0.25) is 0 Å². The number of esters is 1. The highest BCUT2D eigenvalue weighted by Crippen LogP contribution is 2.33. The molecule has 0 N–H and O–H groups in total. The molecule has 0 radical (unpaired) electrons. The van der Waals surface area contributed by atoms with Crippen LogP contribution in [0, 0.1) is 0 Å². The zero-order chi connectivity index (χ0) is 23.4. The van der Waals surface area contributed by atoms with Gasteiger partial charge in [0.2, 0.25) is 0 Å². The Hall–Kier alpha value is -3.78. The van der Waals surface area contributed by atoms with Gasteiger partial charge in [-0.1, -0.05) is 0 Å². The molecule has 1 amide bonds. The second kappa shape index (κ2) is 9.79. The van der Waals surface area contributed by atoms with E-state index in [0.717, 1.165) is 17.1 Å². The molecule has 33 heavy (non-hydrogen) atoms. The molecule has 2 aromatic carbocycles. The maximum absolute atomic E-state index is 12.8. The molecule has 0 atom stereocenters. The minimum absolute atomic E-state index is 0.121. The average molecular weight is 462 g/mol. The Kier molecular flexibility index (Phi) is 6.65. The van der Waals surface area contributed by atoms with Crippen molar-refractivity contribution < 1.29 is 19.1 Å². The van der Waals surface area contributed by atoms with Gasteiger partial charge in [0.25, 0.3) is 5.91 Å². The maximum atomic E-state index is 12.8. The summed E-state index contributed by atoms with van der Waals surface area (Å²) in [6, 6.07) is 18.4. The zero-order valence-corrected chi connectivity index (χ0v) is 19.3. The van der Waals surface area contributed by atoms with Crippen LogP contribution >= 0.6 is 11.8 Å². The largest absolute Gasteiger partial charge is 0.497 e. The number of hydrogen-bond acceptors (Lipinski definition) is 6. The molecule has 3 aromatic rings. The van der Waals surface area contributed by atoms with Gasteiger partial charge in [-0.3, -0.25) is 9.69 Å². The minimum Gasteiger partial charge on any atom is -0.497 e. The lowest BCUT2D eigenvalue weighted by atomic mass is 10.2. The van der Waals surface area contributed by atoms with Gasteiger partial charge in [-0.25, -0.2) is 9.79 Å². The summed E-state index contributed by atoms with van der Waals surface area (Å²) in [4.78, 5) is 31.4. The third kappa shape index (κ3) is 4.85. The molecule has 0 saturated carbocycles. The average Bonchev–Trinajstić information content (AvgIpc) is 3.40. The van der Waals surface area contributed by atoms with Crippen molar-refractivity contribution in [2.75, 3.05) is 20.8 Å². The molecule has 1 aliphatic heterocycles. The van der Waals surface area contributed by atoms with Crippen molar-refractivity contribution in [1.82, 2.24) is 9.47 Å². The summed E-state index contributed by atoms with van der Waals surface area (Å²) in [5.41, 5.74) is 2.95. The van der Waals surface area contributed by atoms with Crippen molar-refractivity contribution in [2.45, 2.75) is 6.92 Å². The Balaban J connectivity index is 1.56. The molecule has 168 valence electrons. The van der Waals surface area contributed by atoms with Crippen LogP contribution < -0.4 is 4.74 Å². The number of likely N-dealkylation sites (N-methyl/N-ethyl adjacent to an activating group) is 1. The summed E-state index contributed by atoms with van der Waals surface area (Å²) in [6.45, 7) is 2.09. The van der Waals surface area contributed by atoms with Crippen LogP contribution in [0.1, 0.15) is 23.0 Å². The van der Waals surface area contributed by atoms with Crippen LogP contribution in [-0.2, 0) is 9.53 Å². The second-order valence-electron chi connectivity index (χ2n) is 7.14. The predicted molar refractivity (Wildman–Crippen MR) is 130 cm³/mol. The molecule has 0 unspecified atom stereocenters. The minimum atomic E-state index is -0.371. The standard InChI is InChI=1S/C25H23N3O4S/c1-4-32-24(30)17-7-9-18(10-8-17)26-25-27(2)23(29)22(33-25)16-20-6-5-15-28(20)19-11-13-21(31-3)14-12-19/h5-16H,4H2,1-3H3/b22-16-,26-25?. The number of carbonyl (C=O) groups excluding carboxylic acids is 2. The van der Waals surface area contributed by atoms with E-state index in [2.05, 4.69) is 4.99 Å². The van der Waals surface area contributed by atoms with Crippen molar-refractivity contribution in [3.8, 4) is 11.4 Å². The smallest absolute Gasteiger partial charge is 0.338 e. The van der Waals surface area contributed by atoms with Crippen molar-refractivity contribution in [1.29, 1.82) is 0 Å². The first-order valence-electron chi connectivity index (χ1n) is 10.4. The molecular formula is C25H23N3O4S. The lowest BCUT2D eigenvalue weighted by Gasteiger charge is -2.08.